The fraction of sp³-hybridized carbons (Fsp3) is 0.467. The fourth-order valence-electron chi connectivity index (χ4n) is 1.82. The van der Waals surface area contributed by atoms with Gasteiger partial charge in [-0.3, -0.25) is 0 Å². The Bertz CT molecular complexity index is 492. The largest absolute Gasteiger partial charge is 0.479 e. The zero-order chi connectivity index (χ0) is 15.6. The van der Waals surface area contributed by atoms with Crippen LogP contribution in [-0.2, 0) is 14.3 Å². The zero-order valence-corrected chi connectivity index (χ0v) is 12.2. The van der Waals surface area contributed by atoms with Crippen molar-refractivity contribution in [2.45, 2.75) is 44.8 Å². The number of carbonyl (C=O) groups excluding carboxylic acids is 1. The van der Waals surface area contributed by atoms with Gasteiger partial charge in [0.05, 0.1) is 0 Å². The molecule has 0 aliphatic carbocycles. The Kier molecular flexibility index (Phi) is 4.55. The molecule has 0 spiro atoms. The van der Waals surface area contributed by atoms with Crippen molar-refractivity contribution in [1.29, 1.82) is 0 Å². The smallest absolute Gasteiger partial charge is 0.339 e. The molecule has 20 heavy (non-hydrogen) atoms. The monoisotopic (exact) mass is 279 g/mol. The number of rotatable bonds is 4. The summed E-state index contributed by atoms with van der Waals surface area (Å²) in [6, 6.07) is 8.81. The fourth-order valence-corrected chi connectivity index (χ4v) is 1.82. The van der Waals surface area contributed by atoms with E-state index in [1.54, 1.807) is 52.0 Å². The lowest BCUT2D eigenvalue weighted by molar-refractivity contribution is -0.170. The van der Waals surface area contributed by atoms with E-state index < -0.39 is 29.0 Å². The first-order valence-corrected chi connectivity index (χ1v) is 6.39. The van der Waals surface area contributed by atoms with Crippen LogP contribution in [-0.4, -0.2) is 28.2 Å². The van der Waals surface area contributed by atoms with Crippen LogP contribution in [0.3, 0.4) is 0 Å². The Morgan fingerprint density at radius 2 is 1.70 bits per heavy atom. The second-order valence-electron chi connectivity index (χ2n) is 5.81. The summed E-state index contributed by atoms with van der Waals surface area (Å²) in [5.74, 6) is -3.05. The highest BCUT2D eigenvalue weighted by Gasteiger charge is 2.50. The van der Waals surface area contributed by atoms with Gasteiger partial charge < -0.3 is 15.6 Å². The third-order valence-electron chi connectivity index (χ3n) is 3.07. The minimum atomic E-state index is -2.12. The third-order valence-corrected chi connectivity index (χ3v) is 3.07. The number of carboxylic acids is 1. The van der Waals surface area contributed by atoms with Gasteiger partial charge in [0.2, 0.25) is 5.54 Å². The summed E-state index contributed by atoms with van der Waals surface area (Å²) in [4.78, 5) is 23.7. The van der Waals surface area contributed by atoms with Crippen molar-refractivity contribution in [3.8, 4) is 0 Å². The van der Waals surface area contributed by atoms with Gasteiger partial charge in [-0.05, 0) is 26.3 Å². The van der Waals surface area contributed by atoms with Crippen molar-refractivity contribution >= 4 is 11.9 Å². The van der Waals surface area contributed by atoms with Crippen LogP contribution >= 0.6 is 0 Å². The summed E-state index contributed by atoms with van der Waals surface area (Å²) in [5, 5.41) is 9.41. The lowest BCUT2D eigenvalue weighted by Crippen LogP contribution is -2.60. The minimum Gasteiger partial charge on any atom is -0.479 e. The summed E-state index contributed by atoms with van der Waals surface area (Å²) in [6.07, 6.45) is 0. The minimum absolute atomic E-state index is 0.670. The van der Waals surface area contributed by atoms with E-state index in [2.05, 4.69) is 0 Å². The lowest BCUT2D eigenvalue weighted by atomic mass is 9.81. The van der Waals surface area contributed by atoms with Crippen LogP contribution in [0.5, 0.6) is 0 Å². The van der Waals surface area contributed by atoms with Crippen LogP contribution in [0.1, 0.15) is 39.2 Å². The van der Waals surface area contributed by atoms with E-state index in [0.29, 0.717) is 5.56 Å². The number of esters is 1. The number of hydrogen-bond donors (Lipinski definition) is 2. The number of hydrogen-bond acceptors (Lipinski definition) is 4. The van der Waals surface area contributed by atoms with Crippen LogP contribution in [0, 0.1) is 0 Å². The van der Waals surface area contributed by atoms with Gasteiger partial charge >= 0.3 is 11.9 Å². The van der Waals surface area contributed by atoms with Gasteiger partial charge in [0.25, 0.3) is 0 Å². The molecule has 0 saturated carbocycles. The molecule has 1 aromatic carbocycles. The number of carboxylic acid groups (broad SMARTS) is 1. The molecule has 0 bridgehead atoms. The average Bonchev–Trinajstić information content (AvgIpc) is 2.35. The van der Waals surface area contributed by atoms with Crippen LogP contribution in [0.2, 0.25) is 0 Å². The average molecular weight is 279 g/mol. The number of ether oxygens (including phenoxy) is 1. The number of nitrogens with two attached hydrogens (primary N) is 1. The van der Waals surface area contributed by atoms with Crippen LogP contribution in [0.4, 0.5) is 0 Å². The van der Waals surface area contributed by atoms with Crippen molar-refractivity contribution < 1.29 is 19.4 Å². The van der Waals surface area contributed by atoms with Crippen molar-refractivity contribution in [2.24, 2.45) is 5.73 Å². The maximum atomic E-state index is 12.2. The van der Waals surface area contributed by atoms with Crippen molar-refractivity contribution in [3.63, 3.8) is 0 Å². The summed E-state index contributed by atoms with van der Waals surface area (Å²) < 4.78 is 5.16. The number of benzene rings is 1. The zero-order valence-electron chi connectivity index (χ0n) is 12.2. The Morgan fingerprint density at radius 1 is 1.20 bits per heavy atom. The van der Waals surface area contributed by atoms with Gasteiger partial charge in [0.1, 0.15) is 5.60 Å². The van der Waals surface area contributed by atoms with E-state index in [4.69, 9.17) is 10.5 Å². The molecule has 0 radical (unpaired) electrons. The highest BCUT2D eigenvalue weighted by atomic mass is 16.6. The molecule has 0 unspecified atom stereocenters. The molecule has 5 heteroatoms. The molecule has 0 aromatic heterocycles. The van der Waals surface area contributed by atoms with E-state index in [0.717, 1.165) is 0 Å². The predicted molar refractivity (Wildman–Crippen MR) is 75.3 cm³/mol. The molecule has 0 saturated heterocycles. The van der Waals surface area contributed by atoms with Crippen LogP contribution in [0.25, 0.3) is 0 Å². The molecular formula is C15H21NO4. The van der Waals surface area contributed by atoms with Crippen molar-refractivity contribution in [3.05, 3.63) is 35.9 Å². The van der Waals surface area contributed by atoms with Crippen molar-refractivity contribution in [1.82, 2.24) is 0 Å². The number of aliphatic carboxylic acids is 1. The summed E-state index contributed by atoms with van der Waals surface area (Å²) in [6.45, 7) is 6.61. The van der Waals surface area contributed by atoms with E-state index >= 15 is 0 Å². The normalized spacial score (nSPS) is 16.1. The molecule has 5 nitrogen and oxygen atoms in total. The number of carbonyl (C=O) groups is 2. The standard InChI is InChI=1S/C15H21NO4/c1-10(11-8-6-5-7-9-11)15(16,12(17)18)13(19)20-14(2,3)4/h5-10H,16H2,1-4H3,(H,17,18)/t10-,15+/m0/s1. The van der Waals surface area contributed by atoms with Crippen molar-refractivity contribution in [2.75, 3.05) is 0 Å². The molecule has 2 atom stereocenters. The highest BCUT2D eigenvalue weighted by molar-refractivity contribution is 6.05. The van der Waals surface area contributed by atoms with E-state index in [9.17, 15) is 14.7 Å². The molecule has 1 rings (SSSR count). The first-order chi connectivity index (χ1) is 9.09. The van der Waals surface area contributed by atoms with Gasteiger partial charge in [-0.2, -0.15) is 0 Å². The topological polar surface area (TPSA) is 89.6 Å². The lowest BCUT2D eigenvalue weighted by Gasteiger charge is -2.32. The summed E-state index contributed by atoms with van der Waals surface area (Å²) in [5.41, 5.74) is 3.65. The molecule has 0 heterocycles. The van der Waals surface area contributed by atoms with Gasteiger partial charge in [-0.15, -0.1) is 0 Å². The maximum absolute atomic E-state index is 12.2. The molecule has 0 fully saturated rings. The summed E-state index contributed by atoms with van der Waals surface area (Å²) >= 11 is 0. The second kappa shape index (κ2) is 5.63. The van der Waals surface area contributed by atoms with E-state index in [-0.39, 0.29) is 0 Å². The molecule has 1 aromatic rings. The van der Waals surface area contributed by atoms with Crippen LogP contribution in [0.15, 0.2) is 30.3 Å². The maximum Gasteiger partial charge on any atom is 0.339 e. The van der Waals surface area contributed by atoms with Gasteiger partial charge in [0, 0.05) is 5.92 Å². The molecule has 110 valence electrons. The Balaban J connectivity index is 3.16. The SMILES string of the molecule is C[C@@H](c1ccccc1)[C@@](N)(C(=O)O)C(=O)OC(C)(C)C. The quantitative estimate of drug-likeness (QED) is 0.649. The van der Waals surface area contributed by atoms with Gasteiger partial charge in [0.15, 0.2) is 0 Å². The molecule has 0 aliphatic rings. The van der Waals surface area contributed by atoms with Gasteiger partial charge in [-0.25, -0.2) is 9.59 Å². The third kappa shape index (κ3) is 3.36. The van der Waals surface area contributed by atoms with Crippen LogP contribution < -0.4 is 5.73 Å². The molecular weight excluding hydrogens is 258 g/mol. The molecule has 0 amide bonds. The highest BCUT2D eigenvalue weighted by Crippen LogP contribution is 2.29. The Morgan fingerprint density at radius 3 is 2.10 bits per heavy atom. The Labute approximate surface area is 118 Å². The molecule has 3 N–H and O–H groups in total. The van der Waals surface area contributed by atoms with E-state index in [1.807, 2.05) is 6.07 Å². The van der Waals surface area contributed by atoms with Gasteiger partial charge in [-0.1, -0.05) is 37.3 Å². The van der Waals surface area contributed by atoms with E-state index in [1.165, 1.54) is 0 Å². The Hall–Kier alpha value is -1.88. The second-order valence-corrected chi connectivity index (χ2v) is 5.81. The molecule has 0 aliphatic heterocycles. The first kappa shape index (κ1) is 16.2. The summed E-state index contributed by atoms with van der Waals surface area (Å²) in [7, 11) is 0. The first-order valence-electron chi connectivity index (χ1n) is 6.39. The predicted octanol–water partition coefficient (Wildman–Crippen LogP) is 1.91.